The van der Waals surface area contributed by atoms with Crippen LogP contribution in [0.25, 0.3) is 0 Å². The number of anilines is 1. The molecule has 0 unspecified atom stereocenters. The van der Waals surface area contributed by atoms with Crippen LogP contribution in [-0.2, 0) is 23.6 Å². The largest absolute Gasteiger partial charge is 0.399 e. The molecule has 0 saturated carbocycles. The second kappa shape index (κ2) is 5.02. The van der Waals surface area contributed by atoms with E-state index in [1.807, 2.05) is 14.0 Å². The van der Waals surface area contributed by atoms with Gasteiger partial charge in [0.25, 0.3) is 0 Å². The molecule has 3 N–H and O–H groups in total. The fraction of sp³-hybridized carbons (Fsp3) is 0.250. The maximum Gasteiger partial charge on any atom is 0.240 e. The summed E-state index contributed by atoms with van der Waals surface area (Å²) in [6, 6.07) is 6.08. The number of hydrogen-bond acceptors (Lipinski definition) is 4. The van der Waals surface area contributed by atoms with E-state index >= 15 is 0 Å². The van der Waals surface area contributed by atoms with Crippen LogP contribution in [0.5, 0.6) is 0 Å². The first-order valence-electron chi connectivity index (χ1n) is 5.73. The minimum atomic E-state index is -3.53. The van der Waals surface area contributed by atoms with Gasteiger partial charge in [-0.3, -0.25) is 4.68 Å². The molecule has 1 heterocycles. The topological polar surface area (TPSA) is 90.0 Å². The van der Waals surface area contributed by atoms with Gasteiger partial charge in [0, 0.05) is 30.5 Å². The lowest BCUT2D eigenvalue weighted by Gasteiger charge is -2.06. The molecule has 6 nitrogen and oxygen atoms in total. The average molecular weight is 280 g/mol. The molecule has 2 aromatic rings. The van der Waals surface area contributed by atoms with Crippen LogP contribution in [-0.4, -0.2) is 18.2 Å². The molecule has 2 rings (SSSR count). The van der Waals surface area contributed by atoms with E-state index in [1.54, 1.807) is 23.0 Å². The molecular formula is C12H16N4O2S. The quantitative estimate of drug-likeness (QED) is 0.810. The van der Waals surface area contributed by atoms with Crippen LogP contribution in [0, 0.1) is 6.92 Å². The Hall–Kier alpha value is -1.86. The van der Waals surface area contributed by atoms with Crippen molar-refractivity contribution in [3.63, 3.8) is 0 Å². The molecule has 7 heteroatoms. The van der Waals surface area contributed by atoms with Crippen molar-refractivity contribution in [2.24, 2.45) is 7.05 Å². The van der Waals surface area contributed by atoms with E-state index in [2.05, 4.69) is 9.82 Å². The molecule has 1 aromatic carbocycles. The molecule has 0 saturated heterocycles. The number of aryl methyl sites for hydroxylation is 1. The van der Waals surface area contributed by atoms with E-state index in [9.17, 15) is 8.42 Å². The molecule has 0 atom stereocenters. The van der Waals surface area contributed by atoms with Gasteiger partial charge < -0.3 is 5.73 Å². The summed E-state index contributed by atoms with van der Waals surface area (Å²) in [6.07, 6.45) is 1.65. The van der Waals surface area contributed by atoms with Crippen LogP contribution in [0.4, 0.5) is 5.69 Å². The van der Waals surface area contributed by atoms with Crippen LogP contribution in [0.2, 0.25) is 0 Å². The molecule has 0 aliphatic heterocycles. The number of sulfonamides is 1. The van der Waals surface area contributed by atoms with Gasteiger partial charge in [-0.2, -0.15) is 5.10 Å². The molecule has 19 heavy (non-hydrogen) atoms. The molecule has 0 amide bonds. The van der Waals surface area contributed by atoms with Crippen molar-refractivity contribution >= 4 is 15.7 Å². The molecule has 0 fully saturated rings. The Morgan fingerprint density at radius 2 is 1.95 bits per heavy atom. The molecule has 1 aromatic heterocycles. The Balaban J connectivity index is 2.14. The fourth-order valence-corrected chi connectivity index (χ4v) is 2.63. The zero-order valence-corrected chi connectivity index (χ0v) is 11.6. The third-order valence-corrected chi connectivity index (χ3v) is 4.40. The highest BCUT2D eigenvalue weighted by atomic mass is 32.2. The number of nitrogen functional groups attached to an aromatic ring is 1. The molecule has 102 valence electrons. The number of nitrogens with one attached hydrogen (secondary N) is 1. The maximum atomic E-state index is 12.1. The second-order valence-corrected chi connectivity index (χ2v) is 6.04. The Bertz CT molecular complexity index is 674. The first-order chi connectivity index (χ1) is 8.90. The lowest BCUT2D eigenvalue weighted by molar-refractivity contribution is 0.581. The zero-order valence-electron chi connectivity index (χ0n) is 10.8. The fourth-order valence-electron chi connectivity index (χ4n) is 1.62. The minimum Gasteiger partial charge on any atom is -0.399 e. The summed E-state index contributed by atoms with van der Waals surface area (Å²) in [5.41, 5.74) is 7.84. The molecular weight excluding hydrogens is 264 g/mol. The molecule has 0 aliphatic carbocycles. The second-order valence-electron chi connectivity index (χ2n) is 4.27. The van der Waals surface area contributed by atoms with Crippen LogP contribution >= 0.6 is 0 Å². The van der Waals surface area contributed by atoms with Crippen molar-refractivity contribution in [2.45, 2.75) is 18.4 Å². The van der Waals surface area contributed by atoms with Gasteiger partial charge in [0.15, 0.2) is 0 Å². The number of rotatable bonds is 4. The van der Waals surface area contributed by atoms with E-state index in [4.69, 9.17) is 5.73 Å². The summed E-state index contributed by atoms with van der Waals surface area (Å²) >= 11 is 0. The molecule has 0 spiro atoms. The van der Waals surface area contributed by atoms with Gasteiger partial charge >= 0.3 is 0 Å². The number of nitrogens with two attached hydrogens (primary N) is 1. The van der Waals surface area contributed by atoms with E-state index in [0.717, 1.165) is 11.3 Å². The zero-order chi connectivity index (χ0) is 14.0. The number of nitrogens with zero attached hydrogens (tertiary/aromatic N) is 2. The van der Waals surface area contributed by atoms with Crippen molar-refractivity contribution in [3.05, 3.63) is 41.7 Å². The van der Waals surface area contributed by atoms with Crippen molar-refractivity contribution in [1.29, 1.82) is 0 Å². The van der Waals surface area contributed by atoms with Crippen molar-refractivity contribution < 1.29 is 8.42 Å². The standard InChI is InChI=1S/C12H16N4O2S/c1-9-10(7-14-16(9)2)8-15-19(17,18)12-5-3-11(13)4-6-12/h3-7,15H,8,13H2,1-2H3. The Morgan fingerprint density at radius 3 is 2.47 bits per heavy atom. The SMILES string of the molecule is Cc1c(CNS(=O)(=O)c2ccc(N)cc2)cnn1C. The van der Waals surface area contributed by atoms with Gasteiger partial charge in [0.2, 0.25) is 10.0 Å². The van der Waals surface area contributed by atoms with Gasteiger partial charge in [-0.15, -0.1) is 0 Å². The smallest absolute Gasteiger partial charge is 0.240 e. The summed E-state index contributed by atoms with van der Waals surface area (Å²) < 4.78 is 28.4. The van der Waals surface area contributed by atoms with E-state index in [-0.39, 0.29) is 11.4 Å². The van der Waals surface area contributed by atoms with Gasteiger partial charge in [-0.05, 0) is 31.2 Å². The van der Waals surface area contributed by atoms with Gasteiger partial charge in [-0.25, -0.2) is 13.1 Å². The van der Waals surface area contributed by atoms with Crippen molar-refractivity contribution in [3.8, 4) is 0 Å². The van der Waals surface area contributed by atoms with Gasteiger partial charge in [-0.1, -0.05) is 0 Å². The highest BCUT2D eigenvalue weighted by Crippen LogP contribution is 2.13. The molecule has 0 aliphatic rings. The van der Waals surface area contributed by atoms with Crippen LogP contribution in [0.15, 0.2) is 35.4 Å². The predicted octanol–water partition coefficient (Wildman–Crippen LogP) is 0.789. The Kier molecular flexibility index (Phi) is 3.59. The minimum absolute atomic E-state index is 0.197. The highest BCUT2D eigenvalue weighted by molar-refractivity contribution is 7.89. The Morgan fingerprint density at radius 1 is 1.32 bits per heavy atom. The monoisotopic (exact) mass is 280 g/mol. The predicted molar refractivity (Wildman–Crippen MR) is 72.8 cm³/mol. The summed E-state index contributed by atoms with van der Waals surface area (Å²) in [5.74, 6) is 0. The number of benzene rings is 1. The lowest BCUT2D eigenvalue weighted by atomic mass is 10.3. The molecule has 0 bridgehead atoms. The van der Waals surface area contributed by atoms with Crippen molar-refractivity contribution in [1.82, 2.24) is 14.5 Å². The summed E-state index contributed by atoms with van der Waals surface area (Å²) in [7, 11) is -1.71. The first-order valence-corrected chi connectivity index (χ1v) is 7.21. The third-order valence-electron chi connectivity index (χ3n) is 2.98. The summed E-state index contributed by atoms with van der Waals surface area (Å²) in [4.78, 5) is 0.197. The van der Waals surface area contributed by atoms with Crippen LogP contribution in [0.1, 0.15) is 11.3 Å². The van der Waals surface area contributed by atoms with Gasteiger partial charge in [0.1, 0.15) is 0 Å². The number of aromatic nitrogens is 2. The first kappa shape index (κ1) is 13.6. The normalized spacial score (nSPS) is 11.7. The Labute approximate surface area is 112 Å². The van der Waals surface area contributed by atoms with E-state index < -0.39 is 10.0 Å². The average Bonchev–Trinajstić information content (AvgIpc) is 2.68. The highest BCUT2D eigenvalue weighted by Gasteiger charge is 2.14. The van der Waals surface area contributed by atoms with Gasteiger partial charge in [0.05, 0.1) is 11.1 Å². The van der Waals surface area contributed by atoms with Crippen LogP contribution in [0.3, 0.4) is 0 Å². The van der Waals surface area contributed by atoms with Crippen LogP contribution < -0.4 is 10.5 Å². The third kappa shape index (κ3) is 2.94. The maximum absolute atomic E-state index is 12.1. The van der Waals surface area contributed by atoms with E-state index in [1.165, 1.54) is 12.1 Å². The van der Waals surface area contributed by atoms with E-state index in [0.29, 0.717) is 5.69 Å². The van der Waals surface area contributed by atoms with Crippen molar-refractivity contribution in [2.75, 3.05) is 5.73 Å². The lowest BCUT2D eigenvalue weighted by Crippen LogP contribution is -2.23. The molecule has 0 radical (unpaired) electrons. The number of hydrogen-bond donors (Lipinski definition) is 2. The summed E-state index contributed by atoms with van der Waals surface area (Å²) in [6.45, 7) is 2.10. The summed E-state index contributed by atoms with van der Waals surface area (Å²) in [5, 5.41) is 4.07.